The van der Waals surface area contributed by atoms with Crippen molar-refractivity contribution in [2.45, 2.75) is 26.8 Å². The second kappa shape index (κ2) is 7.04. The molecule has 0 aliphatic carbocycles. The number of halogens is 1. The average molecular weight is 356 g/mol. The van der Waals surface area contributed by atoms with Gasteiger partial charge in [0.25, 0.3) is 0 Å². The fourth-order valence-electron chi connectivity index (χ4n) is 1.81. The summed E-state index contributed by atoms with van der Waals surface area (Å²) in [5, 5.41) is 13.6. The van der Waals surface area contributed by atoms with Gasteiger partial charge in [-0.25, -0.2) is 0 Å². The van der Waals surface area contributed by atoms with Gasteiger partial charge in [-0.05, 0) is 24.1 Å². The van der Waals surface area contributed by atoms with Gasteiger partial charge in [0.15, 0.2) is 0 Å². The summed E-state index contributed by atoms with van der Waals surface area (Å²) in [5.41, 5.74) is 1.09. The number of methoxy groups -OCH3 is 1. The molecule has 0 bridgehead atoms. The third-order valence-electron chi connectivity index (χ3n) is 2.72. The number of benzene rings is 1. The third kappa shape index (κ3) is 4.18. The number of anilines is 1. The number of hydrogen-bond donors (Lipinski definition) is 1. The minimum atomic E-state index is 0.598. The molecule has 0 unspecified atom stereocenters. The molecule has 0 radical (unpaired) electrons. The minimum absolute atomic E-state index is 0.598. The van der Waals surface area contributed by atoms with E-state index < -0.39 is 0 Å². The molecule has 20 heavy (non-hydrogen) atoms. The quantitative estimate of drug-likeness (QED) is 0.846. The number of nitrogens with zero attached hydrogens (tertiary/aromatic N) is 2. The molecule has 0 spiro atoms. The van der Waals surface area contributed by atoms with Gasteiger partial charge in [0, 0.05) is 23.0 Å². The van der Waals surface area contributed by atoms with Crippen LogP contribution < -0.4 is 10.1 Å². The highest BCUT2D eigenvalue weighted by atomic mass is 79.9. The summed E-state index contributed by atoms with van der Waals surface area (Å²) in [5.74, 6) is 1.47. The lowest BCUT2D eigenvalue weighted by molar-refractivity contribution is 0.410. The molecule has 108 valence electrons. The van der Waals surface area contributed by atoms with Crippen LogP contribution in [0, 0.1) is 5.92 Å². The molecule has 0 fully saturated rings. The molecule has 0 atom stereocenters. The summed E-state index contributed by atoms with van der Waals surface area (Å²) >= 11 is 5.09. The smallest absolute Gasteiger partial charge is 0.205 e. The van der Waals surface area contributed by atoms with Crippen molar-refractivity contribution < 1.29 is 4.74 Å². The molecule has 1 N–H and O–H groups in total. The predicted molar refractivity (Wildman–Crippen MR) is 86.5 cm³/mol. The number of rotatable bonds is 6. The van der Waals surface area contributed by atoms with Gasteiger partial charge < -0.3 is 10.1 Å². The van der Waals surface area contributed by atoms with Crippen molar-refractivity contribution in [3.63, 3.8) is 0 Å². The Balaban J connectivity index is 2.01. The molecule has 2 aromatic rings. The van der Waals surface area contributed by atoms with Crippen molar-refractivity contribution >= 4 is 32.4 Å². The van der Waals surface area contributed by atoms with Crippen LogP contribution in [-0.4, -0.2) is 17.3 Å². The number of ether oxygens (including phenoxy) is 1. The van der Waals surface area contributed by atoms with E-state index in [0.717, 1.165) is 32.3 Å². The molecule has 1 heterocycles. The lowest BCUT2D eigenvalue weighted by Crippen LogP contribution is -2.01. The van der Waals surface area contributed by atoms with Crippen molar-refractivity contribution in [1.82, 2.24) is 10.2 Å². The Morgan fingerprint density at radius 1 is 1.35 bits per heavy atom. The Hall–Kier alpha value is -1.14. The molecular weight excluding hydrogens is 338 g/mol. The van der Waals surface area contributed by atoms with Crippen LogP contribution in [0.1, 0.15) is 24.4 Å². The van der Waals surface area contributed by atoms with Gasteiger partial charge in [0.1, 0.15) is 10.8 Å². The van der Waals surface area contributed by atoms with E-state index in [0.29, 0.717) is 12.5 Å². The fourth-order valence-corrected chi connectivity index (χ4v) is 3.17. The van der Waals surface area contributed by atoms with Gasteiger partial charge in [-0.1, -0.05) is 41.1 Å². The maximum absolute atomic E-state index is 5.35. The zero-order valence-corrected chi connectivity index (χ0v) is 14.2. The Morgan fingerprint density at radius 2 is 2.15 bits per heavy atom. The van der Waals surface area contributed by atoms with E-state index in [1.165, 1.54) is 0 Å². The average Bonchev–Trinajstić information content (AvgIpc) is 2.83. The third-order valence-corrected chi connectivity index (χ3v) is 4.12. The van der Waals surface area contributed by atoms with Crippen LogP contribution in [-0.2, 0) is 13.0 Å². The fraction of sp³-hybridized carbons (Fsp3) is 0.429. The van der Waals surface area contributed by atoms with Crippen molar-refractivity contribution in [2.75, 3.05) is 12.4 Å². The molecule has 2 rings (SSSR count). The molecule has 0 saturated heterocycles. The Labute approximate surface area is 131 Å². The van der Waals surface area contributed by atoms with Crippen LogP contribution in [0.2, 0.25) is 0 Å². The summed E-state index contributed by atoms with van der Waals surface area (Å²) in [4.78, 5) is 0. The van der Waals surface area contributed by atoms with Crippen molar-refractivity contribution in [3.05, 3.63) is 33.2 Å². The first-order chi connectivity index (χ1) is 9.58. The summed E-state index contributed by atoms with van der Waals surface area (Å²) in [7, 11) is 1.68. The SMILES string of the molecule is COc1ccc(Br)cc1CNc1nnc(CC(C)C)s1. The van der Waals surface area contributed by atoms with Gasteiger partial charge in [-0.2, -0.15) is 0 Å². The summed E-state index contributed by atoms with van der Waals surface area (Å²) in [6.07, 6.45) is 0.972. The Kier molecular flexibility index (Phi) is 5.37. The first-order valence-corrected chi connectivity index (χ1v) is 8.08. The predicted octanol–water partition coefficient (Wildman–Crippen LogP) is 4.12. The second-order valence-electron chi connectivity index (χ2n) is 4.91. The highest BCUT2D eigenvalue weighted by Gasteiger charge is 2.08. The normalized spacial score (nSPS) is 10.8. The van der Waals surface area contributed by atoms with Crippen LogP contribution in [0.5, 0.6) is 5.75 Å². The first kappa shape index (κ1) is 15.3. The summed E-state index contributed by atoms with van der Waals surface area (Å²) < 4.78 is 6.39. The minimum Gasteiger partial charge on any atom is -0.496 e. The van der Waals surface area contributed by atoms with Crippen LogP contribution in [0.25, 0.3) is 0 Å². The molecule has 0 amide bonds. The van der Waals surface area contributed by atoms with E-state index in [-0.39, 0.29) is 0 Å². The molecule has 0 saturated carbocycles. The van der Waals surface area contributed by atoms with Gasteiger partial charge in [0.05, 0.1) is 7.11 Å². The maximum Gasteiger partial charge on any atom is 0.205 e. The van der Waals surface area contributed by atoms with Crippen molar-refractivity contribution in [3.8, 4) is 5.75 Å². The number of hydrogen-bond acceptors (Lipinski definition) is 5. The van der Waals surface area contributed by atoms with Crippen LogP contribution in [0.15, 0.2) is 22.7 Å². The van der Waals surface area contributed by atoms with Gasteiger partial charge in [-0.3, -0.25) is 0 Å². The van der Waals surface area contributed by atoms with Gasteiger partial charge in [-0.15, -0.1) is 10.2 Å². The summed E-state index contributed by atoms with van der Waals surface area (Å²) in [6, 6.07) is 5.96. The summed E-state index contributed by atoms with van der Waals surface area (Å²) in [6.45, 7) is 5.03. The molecule has 1 aromatic carbocycles. The van der Waals surface area contributed by atoms with E-state index in [2.05, 4.69) is 45.3 Å². The molecule has 6 heteroatoms. The van der Waals surface area contributed by atoms with Gasteiger partial charge in [0.2, 0.25) is 5.13 Å². The standard InChI is InChI=1S/C14H18BrN3OS/c1-9(2)6-13-17-18-14(20-13)16-8-10-7-11(15)4-5-12(10)19-3/h4-5,7,9H,6,8H2,1-3H3,(H,16,18). The van der Waals surface area contributed by atoms with E-state index >= 15 is 0 Å². The highest BCUT2D eigenvalue weighted by molar-refractivity contribution is 9.10. The van der Waals surface area contributed by atoms with E-state index in [1.807, 2.05) is 18.2 Å². The van der Waals surface area contributed by atoms with E-state index in [4.69, 9.17) is 4.74 Å². The Bertz CT molecular complexity index is 571. The van der Waals surface area contributed by atoms with Crippen LogP contribution in [0.4, 0.5) is 5.13 Å². The zero-order chi connectivity index (χ0) is 14.5. The lowest BCUT2D eigenvalue weighted by atomic mass is 10.1. The topological polar surface area (TPSA) is 47.0 Å². The lowest BCUT2D eigenvalue weighted by Gasteiger charge is -2.09. The highest BCUT2D eigenvalue weighted by Crippen LogP contribution is 2.25. The maximum atomic E-state index is 5.35. The zero-order valence-electron chi connectivity index (χ0n) is 11.8. The molecule has 0 aliphatic rings. The van der Waals surface area contributed by atoms with Crippen molar-refractivity contribution in [1.29, 1.82) is 0 Å². The van der Waals surface area contributed by atoms with E-state index in [1.54, 1.807) is 18.4 Å². The molecular formula is C14H18BrN3OS. The van der Waals surface area contributed by atoms with Crippen molar-refractivity contribution in [2.24, 2.45) is 5.92 Å². The number of aromatic nitrogens is 2. The van der Waals surface area contributed by atoms with Gasteiger partial charge >= 0.3 is 0 Å². The number of nitrogens with one attached hydrogen (secondary N) is 1. The first-order valence-electron chi connectivity index (χ1n) is 6.47. The molecule has 0 aliphatic heterocycles. The molecule has 4 nitrogen and oxygen atoms in total. The molecule has 1 aromatic heterocycles. The monoisotopic (exact) mass is 355 g/mol. The van der Waals surface area contributed by atoms with Crippen LogP contribution in [0.3, 0.4) is 0 Å². The van der Waals surface area contributed by atoms with Crippen LogP contribution >= 0.6 is 27.3 Å². The second-order valence-corrected chi connectivity index (χ2v) is 6.89. The van der Waals surface area contributed by atoms with E-state index in [9.17, 15) is 0 Å². The largest absolute Gasteiger partial charge is 0.496 e. The Morgan fingerprint density at radius 3 is 2.85 bits per heavy atom.